The van der Waals surface area contributed by atoms with E-state index in [0.717, 1.165) is 12.8 Å². The van der Waals surface area contributed by atoms with Crippen molar-refractivity contribution in [1.82, 2.24) is 5.32 Å². The van der Waals surface area contributed by atoms with Gasteiger partial charge in [0.2, 0.25) is 0 Å². The Morgan fingerprint density at radius 2 is 1.93 bits per heavy atom. The smallest absolute Gasteiger partial charge is 0.303 e. The van der Waals surface area contributed by atoms with Crippen LogP contribution >= 0.6 is 0 Å². The molecule has 0 aliphatic heterocycles. The lowest BCUT2D eigenvalue weighted by Gasteiger charge is -2.32. The van der Waals surface area contributed by atoms with Crippen LogP contribution in [0.15, 0.2) is 0 Å². The molecule has 0 fully saturated rings. The summed E-state index contributed by atoms with van der Waals surface area (Å²) in [6.07, 6.45) is 3.09. The molecule has 0 aromatic rings. The van der Waals surface area contributed by atoms with Crippen LogP contribution in [0.25, 0.3) is 0 Å². The monoisotopic (exact) mass is 201 g/mol. The van der Waals surface area contributed by atoms with Gasteiger partial charge in [-0.15, -0.1) is 0 Å². The van der Waals surface area contributed by atoms with Crippen molar-refractivity contribution in [3.05, 3.63) is 0 Å². The quantitative estimate of drug-likeness (QED) is 0.665. The second kappa shape index (κ2) is 6.02. The van der Waals surface area contributed by atoms with Crippen molar-refractivity contribution in [1.29, 1.82) is 0 Å². The zero-order chi connectivity index (χ0) is 11.2. The van der Waals surface area contributed by atoms with Crippen molar-refractivity contribution in [2.75, 3.05) is 0 Å². The number of hydrogen-bond acceptors (Lipinski definition) is 2. The van der Waals surface area contributed by atoms with E-state index in [4.69, 9.17) is 5.11 Å². The lowest BCUT2D eigenvalue weighted by molar-refractivity contribution is -0.137. The van der Waals surface area contributed by atoms with Gasteiger partial charge in [0, 0.05) is 18.0 Å². The van der Waals surface area contributed by atoms with Crippen LogP contribution in [-0.4, -0.2) is 22.7 Å². The Labute approximate surface area is 86.9 Å². The van der Waals surface area contributed by atoms with Crippen molar-refractivity contribution in [2.24, 2.45) is 0 Å². The predicted octanol–water partition coefficient (Wildman–Crippen LogP) is 2.41. The van der Waals surface area contributed by atoms with Crippen molar-refractivity contribution in [2.45, 2.75) is 65.0 Å². The zero-order valence-corrected chi connectivity index (χ0v) is 9.76. The molecule has 14 heavy (non-hydrogen) atoms. The first kappa shape index (κ1) is 13.4. The van der Waals surface area contributed by atoms with Crippen LogP contribution in [0.4, 0.5) is 0 Å². The van der Waals surface area contributed by atoms with Gasteiger partial charge in [0.05, 0.1) is 0 Å². The minimum Gasteiger partial charge on any atom is -0.481 e. The first-order chi connectivity index (χ1) is 6.43. The van der Waals surface area contributed by atoms with Crippen LogP contribution in [0.3, 0.4) is 0 Å². The van der Waals surface area contributed by atoms with E-state index in [1.165, 1.54) is 0 Å². The Hall–Kier alpha value is -0.570. The lowest BCUT2D eigenvalue weighted by Crippen LogP contribution is -2.46. The highest BCUT2D eigenvalue weighted by molar-refractivity contribution is 5.66. The molecule has 0 aromatic carbocycles. The molecule has 0 amide bonds. The average Bonchev–Trinajstić information content (AvgIpc) is 2.14. The molecule has 0 heterocycles. The summed E-state index contributed by atoms with van der Waals surface area (Å²) in [6, 6.07) is 0.274. The molecule has 0 bridgehead atoms. The fourth-order valence-electron chi connectivity index (χ4n) is 1.46. The highest BCUT2D eigenvalue weighted by Crippen LogP contribution is 2.15. The Morgan fingerprint density at radius 3 is 2.29 bits per heavy atom. The van der Waals surface area contributed by atoms with Gasteiger partial charge in [0.15, 0.2) is 0 Å². The minimum absolute atomic E-state index is 0.151. The highest BCUT2D eigenvalue weighted by Gasteiger charge is 2.21. The SMILES string of the molecule is CCC(C)(CC)NC(C)CCC(=O)O. The number of hydrogen-bond donors (Lipinski definition) is 2. The van der Waals surface area contributed by atoms with Gasteiger partial charge in [-0.1, -0.05) is 13.8 Å². The van der Waals surface area contributed by atoms with Gasteiger partial charge in [0.25, 0.3) is 0 Å². The summed E-state index contributed by atoms with van der Waals surface area (Å²) in [4.78, 5) is 10.4. The normalized spacial score (nSPS) is 14.0. The van der Waals surface area contributed by atoms with E-state index in [1.807, 2.05) is 6.92 Å². The maximum atomic E-state index is 10.4. The summed E-state index contributed by atoms with van der Waals surface area (Å²) < 4.78 is 0. The second-order valence-corrected chi connectivity index (χ2v) is 4.25. The molecule has 0 aromatic heterocycles. The maximum Gasteiger partial charge on any atom is 0.303 e. The third-order valence-electron chi connectivity index (χ3n) is 2.95. The fraction of sp³-hybridized carbons (Fsp3) is 0.909. The largest absolute Gasteiger partial charge is 0.481 e. The van der Waals surface area contributed by atoms with E-state index in [9.17, 15) is 4.79 Å². The van der Waals surface area contributed by atoms with E-state index in [0.29, 0.717) is 6.42 Å². The Kier molecular flexibility index (Phi) is 5.77. The topological polar surface area (TPSA) is 49.3 Å². The Bertz CT molecular complexity index is 176. The van der Waals surface area contributed by atoms with Gasteiger partial charge in [-0.05, 0) is 33.1 Å². The van der Waals surface area contributed by atoms with Crippen LogP contribution in [0, 0.1) is 0 Å². The average molecular weight is 201 g/mol. The summed E-state index contributed by atoms with van der Waals surface area (Å²) in [5.41, 5.74) is 0.151. The molecule has 0 aliphatic carbocycles. The Balaban J connectivity index is 3.90. The number of rotatable bonds is 7. The summed E-state index contributed by atoms with van der Waals surface area (Å²) in [5.74, 6) is -0.714. The van der Waals surface area contributed by atoms with Gasteiger partial charge >= 0.3 is 5.97 Å². The molecule has 84 valence electrons. The molecule has 0 saturated carbocycles. The van der Waals surface area contributed by atoms with Gasteiger partial charge in [-0.2, -0.15) is 0 Å². The summed E-state index contributed by atoms with van der Waals surface area (Å²) in [7, 11) is 0. The van der Waals surface area contributed by atoms with E-state index in [2.05, 4.69) is 26.1 Å². The molecular formula is C11H23NO2. The molecule has 0 radical (unpaired) electrons. The van der Waals surface area contributed by atoms with Gasteiger partial charge in [-0.3, -0.25) is 4.79 Å². The number of carboxylic acid groups (broad SMARTS) is 1. The molecule has 3 nitrogen and oxygen atoms in total. The lowest BCUT2D eigenvalue weighted by atomic mass is 9.94. The third-order valence-corrected chi connectivity index (χ3v) is 2.95. The van der Waals surface area contributed by atoms with Gasteiger partial charge in [0.1, 0.15) is 0 Å². The van der Waals surface area contributed by atoms with Crippen LogP contribution in [0.2, 0.25) is 0 Å². The molecule has 0 rings (SSSR count). The van der Waals surface area contributed by atoms with Crippen LogP contribution in [0.5, 0.6) is 0 Å². The van der Waals surface area contributed by atoms with Crippen molar-refractivity contribution >= 4 is 5.97 Å². The minimum atomic E-state index is -0.714. The summed E-state index contributed by atoms with van der Waals surface area (Å²) in [6.45, 7) is 8.54. The van der Waals surface area contributed by atoms with Crippen LogP contribution < -0.4 is 5.32 Å². The molecule has 0 spiro atoms. The number of carboxylic acids is 1. The number of carbonyl (C=O) groups is 1. The standard InChI is InChI=1S/C11H23NO2/c1-5-11(4,6-2)12-9(3)7-8-10(13)14/h9,12H,5-8H2,1-4H3,(H,13,14). The second-order valence-electron chi connectivity index (χ2n) is 4.25. The van der Waals surface area contributed by atoms with Crippen molar-refractivity contribution in [3.63, 3.8) is 0 Å². The number of aliphatic carboxylic acids is 1. The molecule has 0 aliphatic rings. The maximum absolute atomic E-state index is 10.4. The van der Waals surface area contributed by atoms with E-state index < -0.39 is 5.97 Å². The van der Waals surface area contributed by atoms with Crippen LogP contribution in [-0.2, 0) is 4.79 Å². The molecule has 0 saturated heterocycles. The van der Waals surface area contributed by atoms with Gasteiger partial charge < -0.3 is 10.4 Å². The molecule has 1 atom stereocenters. The highest BCUT2D eigenvalue weighted by atomic mass is 16.4. The third kappa shape index (κ3) is 5.22. The molecule has 2 N–H and O–H groups in total. The molecule has 1 unspecified atom stereocenters. The summed E-state index contributed by atoms with van der Waals surface area (Å²) >= 11 is 0. The van der Waals surface area contributed by atoms with E-state index in [-0.39, 0.29) is 18.0 Å². The predicted molar refractivity (Wildman–Crippen MR) is 58.5 cm³/mol. The summed E-state index contributed by atoms with van der Waals surface area (Å²) in [5, 5.41) is 12.0. The fourth-order valence-corrected chi connectivity index (χ4v) is 1.46. The van der Waals surface area contributed by atoms with Gasteiger partial charge in [-0.25, -0.2) is 0 Å². The van der Waals surface area contributed by atoms with Crippen molar-refractivity contribution < 1.29 is 9.90 Å². The first-order valence-corrected chi connectivity index (χ1v) is 5.43. The zero-order valence-electron chi connectivity index (χ0n) is 9.76. The van der Waals surface area contributed by atoms with E-state index >= 15 is 0 Å². The molecular weight excluding hydrogens is 178 g/mol. The van der Waals surface area contributed by atoms with Crippen LogP contribution in [0.1, 0.15) is 53.4 Å². The molecule has 3 heteroatoms. The first-order valence-electron chi connectivity index (χ1n) is 5.43. The number of nitrogens with one attached hydrogen (secondary N) is 1. The Morgan fingerprint density at radius 1 is 1.43 bits per heavy atom. The van der Waals surface area contributed by atoms with E-state index in [1.54, 1.807) is 0 Å². The van der Waals surface area contributed by atoms with Crippen molar-refractivity contribution in [3.8, 4) is 0 Å².